The minimum Gasteiger partial charge on any atom is -0.444 e. The number of alkyl carbamates (subject to hydrolysis) is 1. The highest BCUT2D eigenvalue weighted by Gasteiger charge is 2.23. The highest BCUT2D eigenvalue weighted by molar-refractivity contribution is 5.67. The lowest BCUT2D eigenvalue weighted by Crippen LogP contribution is -2.45. The maximum Gasteiger partial charge on any atom is 0.407 e. The predicted molar refractivity (Wildman–Crippen MR) is 88.8 cm³/mol. The Morgan fingerprint density at radius 2 is 1.64 bits per heavy atom. The summed E-state index contributed by atoms with van der Waals surface area (Å²) in [4.78, 5) is 16.8. The van der Waals surface area contributed by atoms with Crippen molar-refractivity contribution in [3.63, 3.8) is 0 Å². The standard InChI is InChI=1S/C17H33N3O2/c1-17(2,3)22-16(21)18-13-15-7-11-20(12-8-15)14-19-9-5-4-6-10-19/h15H,4-14H2,1-3H3,(H,18,21). The highest BCUT2D eigenvalue weighted by Crippen LogP contribution is 2.18. The zero-order valence-corrected chi connectivity index (χ0v) is 14.6. The molecule has 0 unspecified atom stereocenters. The molecule has 0 atom stereocenters. The lowest BCUT2D eigenvalue weighted by atomic mass is 9.97. The summed E-state index contributed by atoms with van der Waals surface area (Å²) in [6, 6.07) is 0. The Morgan fingerprint density at radius 1 is 1.05 bits per heavy atom. The van der Waals surface area contributed by atoms with E-state index >= 15 is 0 Å². The molecule has 2 heterocycles. The quantitative estimate of drug-likeness (QED) is 0.867. The van der Waals surface area contributed by atoms with Crippen LogP contribution in [0.2, 0.25) is 0 Å². The van der Waals surface area contributed by atoms with E-state index in [1.54, 1.807) is 0 Å². The van der Waals surface area contributed by atoms with Gasteiger partial charge < -0.3 is 10.1 Å². The van der Waals surface area contributed by atoms with E-state index in [1.165, 1.54) is 45.2 Å². The second kappa shape index (κ2) is 8.16. The molecule has 0 aliphatic carbocycles. The fourth-order valence-corrected chi connectivity index (χ4v) is 3.26. The van der Waals surface area contributed by atoms with Crippen LogP contribution in [0.3, 0.4) is 0 Å². The molecule has 128 valence electrons. The zero-order chi connectivity index (χ0) is 16.0. The van der Waals surface area contributed by atoms with Crippen LogP contribution in [0.4, 0.5) is 4.79 Å². The summed E-state index contributed by atoms with van der Waals surface area (Å²) in [5.74, 6) is 0.588. The fraction of sp³-hybridized carbons (Fsp3) is 0.941. The SMILES string of the molecule is CC(C)(C)OC(=O)NCC1CCN(CN2CCCCC2)CC1. The van der Waals surface area contributed by atoms with Gasteiger partial charge in [0, 0.05) is 6.54 Å². The third-order valence-corrected chi connectivity index (χ3v) is 4.49. The summed E-state index contributed by atoms with van der Waals surface area (Å²) >= 11 is 0. The normalized spacial score (nSPS) is 22.5. The van der Waals surface area contributed by atoms with Crippen LogP contribution in [0.5, 0.6) is 0 Å². The van der Waals surface area contributed by atoms with Crippen LogP contribution in [0.25, 0.3) is 0 Å². The van der Waals surface area contributed by atoms with Crippen molar-refractivity contribution >= 4 is 6.09 Å². The number of carbonyl (C=O) groups excluding carboxylic acids is 1. The van der Waals surface area contributed by atoms with E-state index in [-0.39, 0.29) is 6.09 Å². The molecule has 1 N–H and O–H groups in total. The van der Waals surface area contributed by atoms with Crippen molar-refractivity contribution in [1.29, 1.82) is 0 Å². The molecule has 0 saturated carbocycles. The molecule has 2 rings (SSSR count). The number of rotatable bonds is 4. The van der Waals surface area contributed by atoms with Gasteiger partial charge in [-0.15, -0.1) is 0 Å². The number of ether oxygens (including phenoxy) is 1. The van der Waals surface area contributed by atoms with E-state index in [0.717, 1.165) is 26.3 Å². The van der Waals surface area contributed by atoms with E-state index in [9.17, 15) is 4.79 Å². The lowest BCUT2D eigenvalue weighted by Gasteiger charge is -2.37. The third-order valence-electron chi connectivity index (χ3n) is 4.49. The molecule has 2 aliphatic heterocycles. The largest absolute Gasteiger partial charge is 0.444 e. The van der Waals surface area contributed by atoms with E-state index in [2.05, 4.69) is 15.1 Å². The Kier molecular flexibility index (Phi) is 6.50. The smallest absolute Gasteiger partial charge is 0.407 e. The predicted octanol–water partition coefficient (Wildman–Crippen LogP) is 2.67. The van der Waals surface area contributed by atoms with Crippen LogP contribution in [-0.2, 0) is 4.74 Å². The summed E-state index contributed by atoms with van der Waals surface area (Å²) in [5, 5.41) is 2.92. The van der Waals surface area contributed by atoms with Gasteiger partial charge in [-0.2, -0.15) is 0 Å². The van der Waals surface area contributed by atoms with Gasteiger partial charge in [-0.05, 0) is 78.6 Å². The van der Waals surface area contributed by atoms with Crippen molar-refractivity contribution in [3.05, 3.63) is 0 Å². The highest BCUT2D eigenvalue weighted by atomic mass is 16.6. The Morgan fingerprint density at radius 3 is 2.23 bits per heavy atom. The lowest BCUT2D eigenvalue weighted by molar-refractivity contribution is 0.0495. The Hall–Kier alpha value is -0.810. The summed E-state index contributed by atoms with van der Waals surface area (Å²) in [7, 11) is 0. The first-order valence-electron chi connectivity index (χ1n) is 8.84. The molecule has 0 radical (unpaired) electrons. The molecule has 0 bridgehead atoms. The van der Waals surface area contributed by atoms with Gasteiger partial charge in [0.05, 0.1) is 6.67 Å². The second-order valence-corrected chi connectivity index (χ2v) is 7.76. The summed E-state index contributed by atoms with van der Waals surface area (Å²) in [5.41, 5.74) is -0.415. The molecule has 2 aliphatic rings. The van der Waals surface area contributed by atoms with E-state index in [4.69, 9.17) is 4.74 Å². The number of hydrogen-bond donors (Lipinski definition) is 1. The van der Waals surface area contributed by atoms with Gasteiger partial charge in [0.1, 0.15) is 5.60 Å². The molecule has 0 aromatic rings. The van der Waals surface area contributed by atoms with Crippen LogP contribution < -0.4 is 5.32 Å². The van der Waals surface area contributed by atoms with E-state index in [0.29, 0.717) is 5.92 Å². The number of hydrogen-bond acceptors (Lipinski definition) is 4. The van der Waals surface area contributed by atoms with Gasteiger partial charge in [-0.25, -0.2) is 4.79 Å². The molecule has 2 fully saturated rings. The Balaban J connectivity index is 1.59. The van der Waals surface area contributed by atoms with Gasteiger partial charge in [-0.1, -0.05) is 6.42 Å². The molecule has 0 aromatic heterocycles. The number of nitrogens with one attached hydrogen (secondary N) is 1. The van der Waals surface area contributed by atoms with Crippen molar-refractivity contribution in [1.82, 2.24) is 15.1 Å². The first-order valence-corrected chi connectivity index (χ1v) is 8.84. The maximum absolute atomic E-state index is 11.7. The molecule has 5 nitrogen and oxygen atoms in total. The minimum absolute atomic E-state index is 0.289. The van der Waals surface area contributed by atoms with Gasteiger partial charge in [0.2, 0.25) is 0 Å². The molecule has 1 amide bonds. The van der Waals surface area contributed by atoms with Crippen LogP contribution in [0.1, 0.15) is 52.9 Å². The molecular weight excluding hydrogens is 278 g/mol. The van der Waals surface area contributed by atoms with Crippen molar-refractivity contribution < 1.29 is 9.53 Å². The van der Waals surface area contributed by atoms with Crippen LogP contribution in [-0.4, -0.2) is 60.9 Å². The van der Waals surface area contributed by atoms with Crippen molar-refractivity contribution in [3.8, 4) is 0 Å². The number of amides is 1. The maximum atomic E-state index is 11.7. The van der Waals surface area contributed by atoms with Crippen molar-refractivity contribution in [2.75, 3.05) is 39.4 Å². The molecule has 2 saturated heterocycles. The summed E-state index contributed by atoms with van der Waals surface area (Å²) in [6.45, 7) is 12.4. The number of nitrogens with zero attached hydrogens (tertiary/aromatic N) is 2. The van der Waals surface area contributed by atoms with Crippen LogP contribution in [0, 0.1) is 5.92 Å². The van der Waals surface area contributed by atoms with Crippen LogP contribution in [0.15, 0.2) is 0 Å². The van der Waals surface area contributed by atoms with Gasteiger partial charge >= 0.3 is 6.09 Å². The Bertz CT molecular complexity index is 340. The van der Waals surface area contributed by atoms with Gasteiger partial charge in [0.25, 0.3) is 0 Å². The average molecular weight is 311 g/mol. The number of piperidine rings is 2. The van der Waals surface area contributed by atoms with E-state index < -0.39 is 5.60 Å². The monoisotopic (exact) mass is 311 g/mol. The first-order chi connectivity index (χ1) is 10.4. The minimum atomic E-state index is -0.415. The molecule has 0 aromatic carbocycles. The second-order valence-electron chi connectivity index (χ2n) is 7.76. The number of likely N-dealkylation sites (tertiary alicyclic amines) is 2. The molecule has 5 heteroatoms. The van der Waals surface area contributed by atoms with E-state index in [1.807, 2.05) is 20.8 Å². The summed E-state index contributed by atoms with van der Waals surface area (Å²) < 4.78 is 5.28. The number of carbonyl (C=O) groups is 1. The zero-order valence-electron chi connectivity index (χ0n) is 14.6. The van der Waals surface area contributed by atoms with Crippen LogP contribution >= 0.6 is 0 Å². The topological polar surface area (TPSA) is 44.8 Å². The Labute approximate surface area is 135 Å². The van der Waals surface area contributed by atoms with Gasteiger partial charge in [0.15, 0.2) is 0 Å². The van der Waals surface area contributed by atoms with Crippen molar-refractivity contribution in [2.45, 2.75) is 58.5 Å². The molecule has 0 spiro atoms. The van der Waals surface area contributed by atoms with Gasteiger partial charge in [-0.3, -0.25) is 9.80 Å². The molecule has 22 heavy (non-hydrogen) atoms. The van der Waals surface area contributed by atoms with Crippen molar-refractivity contribution in [2.24, 2.45) is 5.92 Å². The fourth-order valence-electron chi connectivity index (χ4n) is 3.26. The molecular formula is C17H33N3O2. The first kappa shape index (κ1) is 17.5. The summed E-state index contributed by atoms with van der Waals surface area (Å²) in [6.07, 6.45) is 6.16. The average Bonchev–Trinajstić information content (AvgIpc) is 2.46. The third kappa shape index (κ3) is 6.53.